The monoisotopic (exact) mass is 489 g/mol. The van der Waals surface area contributed by atoms with Crippen molar-refractivity contribution in [3.63, 3.8) is 0 Å². The molecule has 0 amide bonds. The number of nitrogens with one attached hydrogen (secondary N) is 1. The van der Waals surface area contributed by atoms with Crippen LogP contribution in [-0.4, -0.2) is 28.2 Å². The van der Waals surface area contributed by atoms with E-state index < -0.39 is 6.10 Å². The van der Waals surface area contributed by atoms with Gasteiger partial charge in [0.2, 0.25) is 0 Å². The van der Waals surface area contributed by atoms with Crippen LogP contribution in [0.3, 0.4) is 0 Å². The summed E-state index contributed by atoms with van der Waals surface area (Å²) in [5.74, 6) is 0.0468. The third-order valence-corrected chi connectivity index (χ3v) is 6.35. The molecule has 3 aromatic carbocycles. The Morgan fingerprint density at radius 1 is 1.19 bits per heavy atom. The van der Waals surface area contributed by atoms with Crippen molar-refractivity contribution in [3.05, 3.63) is 77.1 Å². The fraction of sp³-hybridized carbons (Fsp3) is 0.286. The van der Waals surface area contributed by atoms with Crippen LogP contribution in [0.25, 0.3) is 16.7 Å². The first-order valence-corrected chi connectivity index (χ1v) is 12.0. The molecule has 186 valence electrons. The van der Waals surface area contributed by atoms with Crippen molar-refractivity contribution in [2.24, 2.45) is 0 Å². The van der Waals surface area contributed by atoms with Crippen molar-refractivity contribution >= 4 is 22.7 Å². The molecule has 1 unspecified atom stereocenters. The Morgan fingerprint density at radius 3 is 2.81 bits per heavy atom. The van der Waals surface area contributed by atoms with Gasteiger partial charge >= 0.3 is 12.0 Å². The number of rotatable bonds is 7. The summed E-state index contributed by atoms with van der Waals surface area (Å²) >= 11 is 0. The highest BCUT2D eigenvalue weighted by Crippen LogP contribution is 2.40. The van der Waals surface area contributed by atoms with Crippen LogP contribution in [0.5, 0.6) is 11.8 Å². The van der Waals surface area contributed by atoms with E-state index in [-0.39, 0.29) is 17.9 Å². The quantitative estimate of drug-likeness (QED) is 0.327. The van der Waals surface area contributed by atoms with E-state index in [0.717, 1.165) is 28.1 Å². The van der Waals surface area contributed by atoms with Crippen LogP contribution in [-0.2, 0) is 16.1 Å². The number of benzene rings is 3. The maximum absolute atomic E-state index is 14.1. The highest BCUT2D eigenvalue weighted by Gasteiger charge is 2.33. The smallest absolute Gasteiger partial charge is 0.303 e. The summed E-state index contributed by atoms with van der Waals surface area (Å²) in [6.45, 7) is 8.22. The van der Waals surface area contributed by atoms with E-state index in [1.165, 1.54) is 19.1 Å². The van der Waals surface area contributed by atoms with Gasteiger partial charge in [-0.25, -0.2) is 4.39 Å². The van der Waals surface area contributed by atoms with Crippen LogP contribution in [0.1, 0.15) is 43.6 Å². The van der Waals surface area contributed by atoms with Gasteiger partial charge in [-0.05, 0) is 62.2 Å². The van der Waals surface area contributed by atoms with Gasteiger partial charge in [-0.1, -0.05) is 12.1 Å². The number of hydrogen-bond acceptors (Lipinski definition) is 6. The van der Waals surface area contributed by atoms with E-state index in [1.54, 1.807) is 6.07 Å². The third-order valence-electron chi connectivity index (χ3n) is 6.35. The lowest BCUT2D eigenvalue weighted by Gasteiger charge is -2.16. The van der Waals surface area contributed by atoms with Crippen molar-refractivity contribution in [2.45, 2.75) is 46.4 Å². The third kappa shape index (κ3) is 4.34. The Hall–Kier alpha value is -4.07. The van der Waals surface area contributed by atoms with E-state index >= 15 is 0 Å². The molecule has 8 heteroatoms. The van der Waals surface area contributed by atoms with Crippen molar-refractivity contribution in [2.75, 3.05) is 11.9 Å². The summed E-state index contributed by atoms with van der Waals surface area (Å²) in [4.78, 5) is 16.0. The number of aromatic nitrogens is 2. The maximum Gasteiger partial charge on any atom is 0.303 e. The number of esters is 1. The molecule has 1 N–H and O–H groups in total. The van der Waals surface area contributed by atoms with Gasteiger partial charge in [0.05, 0.1) is 23.3 Å². The molecule has 7 nitrogen and oxygen atoms in total. The SMILES string of the molecule is CCOc1nc2ccc(F)cc2n1-c1cccc(CNc2ccc3c(c2)OC(C)[C@H]3OC(C)=O)c1C. The molecule has 1 aliphatic rings. The molecule has 5 rings (SSSR count). The van der Waals surface area contributed by atoms with Gasteiger partial charge in [-0.15, -0.1) is 0 Å². The number of hydrogen-bond donors (Lipinski definition) is 1. The average molecular weight is 490 g/mol. The second-order valence-electron chi connectivity index (χ2n) is 8.82. The minimum Gasteiger partial charge on any atom is -0.486 e. The van der Waals surface area contributed by atoms with E-state index in [1.807, 2.05) is 55.7 Å². The van der Waals surface area contributed by atoms with Crippen LogP contribution in [0, 0.1) is 12.7 Å². The molecule has 0 spiro atoms. The second-order valence-corrected chi connectivity index (χ2v) is 8.82. The predicted molar refractivity (Wildman–Crippen MR) is 135 cm³/mol. The van der Waals surface area contributed by atoms with Crippen molar-refractivity contribution in [3.8, 4) is 17.4 Å². The first-order valence-electron chi connectivity index (χ1n) is 12.0. The highest BCUT2D eigenvalue weighted by molar-refractivity contribution is 5.79. The molecule has 1 aromatic heterocycles. The van der Waals surface area contributed by atoms with Gasteiger partial charge in [0, 0.05) is 36.9 Å². The lowest BCUT2D eigenvalue weighted by Crippen LogP contribution is -2.18. The number of halogens is 1. The van der Waals surface area contributed by atoms with Crippen LogP contribution >= 0.6 is 0 Å². The maximum atomic E-state index is 14.1. The molecule has 36 heavy (non-hydrogen) atoms. The van der Waals surface area contributed by atoms with Gasteiger partial charge in [0.1, 0.15) is 17.7 Å². The molecule has 0 saturated heterocycles. The number of fused-ring (bicyclic) bond motifs is 2. The summed E-state index contributed by atoms with van der Waals surface area (Å²) in [5, 5.41) is 3.46. The molecule has 0 bridgehead atoms. The molecule has 0 radical (unpaired) electrons. The summed E-state index contributed by atoms with van der Waals surface area (Å²) in [6, 6.07) is 16.8. The molecule has 2 atom stereocenters. The van der Waals surface area contributed by atoms with Crippen LogP contribution in [0.2, 0.25) is 0 Å². The first-order chi connectivity index (χ1) is 17.4. The standard InChI is InChI=1S/C28H28FN3O4/c1-5-34-28-31-23-12-9-20(29)13-25(23)32(28)24-8-6-7-19(16(24)2)15-30-21-10-11-22-26(14-21)35-17(3)27(22)36-18(4)33/h6-14,17,27,30H,5,15H2,1-4H3/t17?,27-/m1/s1. The van der Waals surface area contributed by atoms with Gasteiger partial charge in [0.25, 0.3) is 0 Å². The van der Waals surface area contributed by atoms with Crippen molar-refractivity contribution in [1.82, 2.24) is 9.55 Å². The lowest BCUT2D eigenvalue weighted by atomic mass is 10.1. The van der Waals surface area contributed by atoms with Crippen LogP contribution in [0.4, 0.5) is 10.1 Å². The zero-order valence-corrected chi connectivity index (χ0v) is 20.7. The summed E-state index contributed by atoms with van der Waals surface area (Å²) in [7, 11) is 0. The van der Waals surface area contributed by atoms with Gasteiger partial charge in [-0.2, -0.15) is 4.98 Å². The molecular formula is C28H28FN3O4. The van der Waals surface area contributed by atoms with Gasteiger partial charge in [0.15, 0.2) is 6.10 Å². The summed E-state index contributed by atoms with van der Waals surface area (Å²) in [5.41, 5.74) is 6.04. The van der Waals surface area contributed by atoms with E-state index in [9.17, 15) is 9.18 Å². The normalized spacial score (nSPS) is 16.5. The van der Waals surface area contributed by atoms with Gasteiger partial charge in [-0.3, -0.25) is 9.36 Å². The van der Waals surface area contributed by atoms with E-state index in [2.05, 4.69) is 16.4 Å². The van der Waals surface area contributed by atoms with Crippen molar-refractivity contribution in [1.29, 1.82) is 0 Å². The number of carbonyl (C=O) groups is 1. The Labute approximate surface area is 208 Å². The average Bonchev–Trinajstić information content (AvgIpc) is 3.34. The van der Waals surface area contributed by atoms with E-state index in [0.29, 0.717) is 35.9 Å². The van der Waals surface area contributed by atoms with Crippen LogP contribution < -0.4 is 14.8 Å². The predicted octanol–water partition coefficient (Wildman–Crippen LogP) is 5.87. The number of ether oxygens (including phenoxy) is 3. The lowest BCUT2D eigenvalue weighted by molar-refractivity contribution is -0.149. The Balaban J connectivity index is 1.42. The fourth-order valence-corrected chi connectivity index (χ4v) is 4.62. The first kappa shape index (κ1) is 23.7. The Bertz CT molecular complexity index is 1450. The Kier molecular flexibility index (Phi) is 6.26. The zero-order chi connectivity index (χ0) is 25.4. The largest absolute Gasteiger partial charge is 0.486 e. The minimum absolute atomic E-state index is 0.243. The van der Waals surface area contributed by atoms with Crippen LogP contribution in [0.15, 0.2) is 54.6 Å². The molecular weight excluding hydrogens is 461 g/mol. The topological polar surface area (TPSA) is 74.6 Å². The number of carbonyl (C=O) groups excluding carboxylic acids is 1. The molecule has 0 saturated carbocycles. The number of nitrogens with zero attached hydrogens (tertiary/aromatic N) is 2. The number of imidazole rings is 1. The summed E-state index contributed by atoms with van der Waals surface area (Å²) < 4.78 is 33.1. The van der Waals surface area contributed by atoms with E-state index in [4.69, 9.17) is 14.2 Å². The molecule has 0 fully saturated rings. The number of anilines is 1. The highest BCUT2D eigenvalue weighted by atomic mass is 19.1. The molecule has 2 heterocycles. The molecule has 4 aromatic rings. The summed E-state index contributed by atoms with van der Waals surface area (Å²) in [6.07, 6.45) is -0.646. The molecule has 0 aliphatic carbocycles. The molecule has 1 aliphatic heterocycles. The minimum atomic E-state index is -0.403. The Morgan fingerprint density at radius 2 is 2.03 bits per heavy atom. The second kappa shape index (κ2) is 9.53. The zero-order valence-electron chi connectivity index (χ0n) is 20.7. The van der Waals surface area contributed by atoms with Gasteiger partial charge < -0.3 is 19.5 Å². The van der Waals surface area contributed by atoms with Crippen molar-refractivity contribution < 1.29 is 23.4 Å². The fourth-order valence-electron chi connectivity index (χ4n) is 4.62.